The van der Waals surface area contributed by atoms with Crippen LogP contribution in [0.25, 0.3) is 0 Å². The molecule has 0 heterocycles. The first kappa shape index (κ1) is 13.1. The molecule has 1 saturated carbocycles. The van der Waals surface area contributed by atoms with Crippen LogP contribution < -0.4 is 11.1 Å². The first-order valence-corrected chi connectivity index (χ1v) is 6.82. The fourth-order valence-corrected chi connectivity index (χ4v) is 2.43. The molecule has 98 valence electrons. The van der Waals surface area contributed by atoms with Gasteiger partial charge in [0, 0.05) is 5.69 Å². The summed E-state index contributed by atoms with van der Waals surface area (Å²) in [5, 5.41) is 3.06. The summed E-state index contributed by atoms with van der Waals surface area (Å²) in [5.41, 5.74) is 8.78. The summed E-state index contributed by atoms with van der Waals surface area (Å²) in [4.78, 5) is 12.2. The first-order chi connectivity index (χ1) is 8.60. The number of carbonyl (C=O) groups is 1. The van der Waals surface area contributed by atoms with Crippen molar-refractivity contribution in [2.45, 2.75) is 51.5 Å². The molecule has 0 saturated heterocycles. The van der Waals surface area contributed by atoms with Crippen molar-refractivity contribution < 1.29 is 4.79 Å². The molecule has 1 aliphatic rings. The van der Waals surface area contributed by atoms with Gasteiger partial charge in [-0.3, -0.25) is 4.79 Å². The number of amides is 1. The van der Waals surface area contributed by atoms with Gasteiger partial charge in [0.2, 0.25) is 5.91 Å². The maximum atomic E-state index is 12.2. The van der Waals surface area contributed by atoms with Crippen LogP contribution in [0.4, 0.5) is 5.69 Å². The van der Waals surface area contributed by atoms with Crippen molar-refractivity contribution in [3.63, 3.8) is 0 Å². The molecular weight excluding hydrogens is 224 g/mol. The predicted octanol–water partition coefficient (Wildman–Crippen LogP) is 2.63. The van der Waals surface area contributed by atoms with Crippen LogP contribution >= 0.6 is 0 Å². The van der Waals surface area contributed by atoms with Crippen LogP contribution in [-0.2, 0) is 17.6 Å². The normalized spacial score (nSPS) is 17.1. The standard InChI is InChI=1S/C15H22N2O/c1-3-11-7-5-8-12(4-2)13(11)17-14(18)15(16)9-6-10-15/h5,7-8H,3-4,6,9-10,16H2,1-2H3,(H,17,18). The van der Waals surface area contributed by atoms with E-state index in [1.165, 1.54) is 11.1 Å². The first-order valence-electron chi connectivity index (χ1n) is 6.82. The van der Waals surface area contributed by atoms with Crippen molar-refractivity contribution in [2.75, 3.05) is 5.32 Å². The Hall–Kier alpha value is -1.35. The van der Waals surface area contributed by atoms with Crippen molar-refractivity contribution in [1.29, 1.82) is 0 Å². The molecule has 1 aliphatic carbocycles. The molecule has 1 aromatic rings. The van der Waals surface area contributed by atoms with Crippen LogP contribution in [0.3, 0.4) is 0 Å². The highest BCUT2D eigenvalue weighted by Crippen LogP contribution is 2.31. The molecule has 18 heavy (non-hydrogen) atoms. The number of rotatable bonds is 4. The maximum Gasteiger partial charge on any atom is 0.244 e. The molecule has 3 nitrogen and oxygen atoms in total. The van der Waals surface area contributed by atoms with Gasteiger partial charge in [-0.1, -0.05) is 32.0 Å². The average Bonchev–Trinajstić information content (AvgIpc) is 2.35. The van der Waals surface area contributed by atoms with Crippen molar-refractivity contribution in [2.24, 2.45) is 5.73 Å². The summed E-state index contributed by atoms with van der Waals surface area (Å²) in [7, 11) is 0. The Morgan fingerprint density at radius 1 is 1.28 bits per heavy atom. The summed E-state index contributed by atoms with van der Waals surface area (Å²) in [6.45, 7) is 4.21. The van der Waals surface area contributed by atoms with Crippen molar-refractivity contribution in [3.8, 4) is 0 Å². The second-order valence-corrected chi connectivity index (χ2v) is 5.12. The molecule has 0 radical (unpaired) electrons. The van der Waals surface area contributed by atoms with Crippen LogP contribution in [0.5, 0.6) is 0 Å². The van der Waals surface area contributed by atoms with Gasteiger partial charge in [-0.2, -0.15) is 0 Å². The lowest BCUT2D eigenvalue weighted by Crippen LogP contribution is -2.56. The van der Waals surface area contributed by atoms with E-state index in [0.717, 1.165) is 37.8 Å². The van der Waals surface area contributed by atoms with E-state index in [9.17, 15) is 4.79 Å². The summed E-state index contributed by atoms with van der Waals surface area (Å²) in [6.07, 6.45) is 4.49. The Morgan fingerprint density at radius 3 is 2.22 bits per heavy atom. The molecule has 0 unspecified atom stereocenters. The predicted molar refractivity (Wildman–Crippen MR) is 74.6 cm³/mol. The minimum Gasteiger partial charge on any atom is -0.324 e. The number of nitrogens with two attached hydrogens (primary N) is 1. The third-order valence-corrected chi connectivity index (χ3v) is 3.94. The van der Waals surface area contributed by atoms with E-state index >= 15 is 0 Å². The Bertz CT molecular complexity index is 428. The van der Waals surface area contributed by atoms with Crippen LogP contribution in [0.2, 0.25) is 0 Å². The zero-order valence-electron chi connectivity index (χ0n) is 11.3. The second-order valence-electron chi connectivity index (χ2n) is 5.12. The molecule has 3 heteroatoms. The van der Waals surface area contributed by atoms with Crippen LogP contribution in [0, 0.1) is 0 Å². The zero-order valence-corrected chi connectivity index (χ0v) is 11.3. The van der Waals surface area contributed by atoms with Gasteiger partial charge in [0.1, 0.15) is 0 Å². The maximum absolute atomic E-state index is 12.2. The Balaban J connectivity index is 2.24. The Labute approximate surface area is 109 Å². The summed E-state index contributed by atoms with van der Waals surface area (Å²) < 4.78 is 0. The van der Waals surface area contributed by atoms with E-state index in [-0.39, 0.29) is 5.91 Å². The molecule has 0 atom stereocenters. The zero-order chi connectivity index (χ0) is 13.2. The van der Waals surface area contributed by atoms with Crippen LogP contribution in [0.1, 0.15) is 44.2 Å². The second kappa shape index (κ2) is 5.11. The van der Waals surface area contributed by atoms with Crippen molar-refractivity contribution in [3.05, 3.63) is 29.3 Å². The van der Waals surface area contributed by atoms with Crippen LogP contribution in [0.15, 0.2) is 18.2 Å². The van der Waals surface area contributed by atoms with Gasteiger partial charge < -0.3 is 11.1 Å². The number of hydrogen-bond donors (Lipinski definition) is 2. The molecule has 1 fully saturated rings. The lowest BCUT2D eigenvalue weighted by molar-refractivity contribution is -0.123. The highest BCUT2D eigenvalue weighted by Gasteiger charge is 2.40. The Kier molecular flexibility index (Phi) is 3.71. The van der Waals surface area contributed by atoms with E-state index in [2.05, 4.69) is 37.4 Å². The lowest BCUT2D eigenvalue weighted by atomic mass is 9.77. The molecule has 0 aliphatic heterocycles. The van der Waals surface area contributed by atoms with E-state index in [4.69, 9.17) is 5.73 Å². The molecule has 2 rings (SSSR count). The largest absolute Gasteiger partial charge is 0.324 e. The minimum absolute atomic E-state index is 0.0237. The topological polar surface area (TPSA) is 55.1 Å². The summed E-state index contributed by atoms with van der Waals surface area (Å²) >= 11 is 0. The number of carbonyl (C=O) groups excluding carboxylic acids is 1. The molecule has 1 amide bonds. The van der Waals surface area contributed by atoms with Gasteiger partial charge >= 0.3 is 0 Å². The highest BCUT2D eigenvalue weighted by molar-refractivity contribution is 5.99. The number of para-hydroxylation sites is 1. The van der Waals surface area contributed by atoms with Crippen molar-refractivity contribution >= 4 is 11.6 Å². The molecule has 3 N–H and O–H groups in total. The fourth-order valence-electron chi connectivity index (χ4n) is 2.43. The summed E-state index contributed by atoms with van der Waals surface area (Å²) in [5.74, 6) is -0.0237. The minimum atomic E-state index is -0.633. The monoisotopic (exact) mass is 246 g/mol. The quantitative estimate of drug-likeness (QED) is 0.858. The van der Waals surface area contributed by atoms with Gasteiger partial charge in [-0.05, 0) is 43.2 Å². The molecular formula is C15H22N2O. The SMILES string of the molecule is CCc1cccc(CC)c1NC(=O)C1(N)CCC1. The fraction of sp³-hybridized carbons (Fsp3) is 0.533. The molecule has 0 spiro atoms. The van der Waals surface area contributed by atoms with Gasteiger partial charge in [-0.15, -0.1) is 0 Å². The van der Waals surface area contributed by atoms with E-state index in [0.29, 0.717) is 0 Å². The molecule has 1 aromatic carbocycles. The molecule has 0 bridgehead atoms. The van der Waals surface area contributed by atoms with Gasteiger partial charge in [0.15, 0.2) is 0 Å². The number of nitrogens with one attached hydrogen (secondary N) is 1. The van der Waals surface area contributed by atoms with Crippen molar-refractivity contribution in [1.82, 2.24) is 0 Å². The number of hydrogen-bond acceptors (Lipinski definition) is 2. The molecule has 0 aromatic heterocycles. The third-order valence-electron chi connectivity index (χ3n) is 3.94. The van der Waals surface area contributed by atoms with Crippen LogP contribution in [-0.4, -0.2) is 11.4 Å². The smallest absolute Gasteiger partial charge is 0.244 e. The third kappa shape index (κ3) is 2.27. The number of benzene rings is 1. The van der Waals surface area contributed by atoms with Gasteiger partial charge in [0.25, 0.3) is 0 Å². The highest BCUT2D eigenvalue weighted by atomic mass is 16.2. The number of aryl methyl sites for hydroxylation is 2. The summed E-state index contributed by atoms with van der Waals surface area (Å²) in [6, 6.07) is 6.19. The lowest BCUT2D eigenvalue weighted by Gasteiger charge is -2.36. The average molecular weight is 246 g/mol. The van der Waals surface area contributed by atoms with E-state index in [1.54, 1.807) is 0 Å². The van der Waals surface area contributed by atoms with Gasteiger partial charge in [-0.25, -0.2) is 0 Å². The number of anilines is 1. The van der Waals surface area contributed by atoms with E-state index in [1.807, 2.05) is 0 Å². The Morgan fingerprint density at radius 2 is 1.83 bits per heavy atom. The van der Waals surface area contributed by atoms with E-state index < -0.39 is 5.54 Å². The van der Waals surface area contributed by atoms with Gasteiger partial charge in [0.05, 0.1) is 5.54 Å².